The minimum absolute atomic E-state index is 0.186. The molecule has 0 atom stereocenters. The van der Waals surface area contributed by atoms with Crippen molar-refractivity contribution in [3.05, 3.63) is 69.6 Å². The van der Waals surface area contributed by atoms with Gasteiger partial charge in [-0.15, -0.1) is 0 Å². The molecule has 0 aliphatic rings. The van der Waals surface area contributed by atoms with Crippen LogP contribution in [0.4, 0.5) is 0 Å². The quantitative estimate of drug-likeness (QED) is 0.859. The van der Waals surface area contributed by atoms with E-state index in [1.54, 1.807) is 0 Å². The summed E-state index contributed by atoms with van der Waals surface area (Å²) >= 11 is 0. The van der Waals surface area contributed by atoms with Gasteiger partial charge in [-0.3, -0.25) is 9.59 Å². The van der Waals surface area contributed by atoms with Gasteiger partial charge >= 0.3 is 0 Å². The number of nitrogens with one attached hydrogen (secondary N) is 2. The number of aromatic amines is 1. The number of aromatic nitrogens is 1. The lowest BCUT2D eigenvalue weighted by molar-refractivity contribution is 0.0946. The van der Waals surface area contributed by atoms with Gasteiger partial charge in [-0.2, -0.15) is 0 Å². The second-order valence-corrected chi connectivity index (χ2v) is 4.11. The largest absolute Gasteiger partial charge is 0.357 e. The lowest BCUT2D eigenvalue weighted by Crippen LogP contribution is -2.24. The van der Waals surface area contributed by atoms with E-state index in [1.165, 1.54) is 23.9 Å². The molecule has 1 heterocycles. The summed E-state index contributed by atoms with van der Waals surface area (Å²) in [6.45, 7) is 2.45. The van der Waals surface area contributed by atoms with Crippen LogP contribution in [-0.4, -0.2) is 10.9 Å². The molecule has 0 radical (unpaired) electrons. The zero-order chi connectivity index (χ0) is 13.0. The van der Waals surface area contributed by atoms with Crippen molar-refractivity contribution < 1.29 is 4.79 Å². The number of rotatable bonds is 3. The lowest BCUT2D eigenvalue weighted by Gasteiger charge is -2.05. The fourth-order valence-electron chi connectivity index (χ4n) is 1.56. The predicted octanol–water partition coefficient (Wildman–Crippen LogP) is 1.61. The first kappa shape index (κ1) is 12.1. The van der Waals surface area contributed by atoms with Crippen LogP contribution in [0.5, 0.6) is 0 Å². The molecular formula is C14H14N2O2. The molecule has 1 aromatic carbocycles. The van der Waals surface area contributed by atoms with Gasteiger partial charge in [0, 0.05) is 24.9 Å². The molecule has 2 N–H and O–H groups in total. The van der Waals surface area contributed by atoms with Crippen molar-refractivity contribution >= 4 is 5.91 Å². The maximum atomic E-state index is 11.8. The summed E-state index contributed by atoms with van der Waals surface area (Å²) in [7, 11) is 0. The molecule has 2 aromatic rings. The Morgan fingerprint density at radius 1 is 1.22 bits per heavy atom. The summed E-state index contributed by atoms with van der Waals surface area (Å²) < 4.78 is 0. The van der Waals surface area contributed by atoms with Crippen molar-refractivity contribution in [2.24, 2.45) is 0 Å². The smallest absolute Gasteiger partial charge is 0.268 e. The highest BCUT2D eigenvalue weighted by molar-refractivity contribution is 5.92. The fourth-order valence-corrected chi connectivity index (χ4v) is 1.56. The van der Waals surface area contributed by atoms with Crippen LogP contribution in [0.25, 0.3) is 0 Å². The van der Waals surface area contributed by atoms with Crippen LogP contribution in [0.1, 0.15) is 21.6 Å². The number of aryl methyl sites for hydroxylation is 1. The van der Waals surface area contributed by atoms with Crippen molar-refractivity contribution in [2.75, 3.05) is 0 Å². The summed E-state index contributed by atoms with van der Waals surface area (Å²) in [4.78, 5) is 25.6. The van der Waals surface area contributed by atoms with Gasteiger partial charge in [-0.1, -0.05) is 29.8 Å². The number of carbonyl (C=O) groups excluding carboxylic acids is 1. The molecule has 18 heavy (non-hydrogen) atoms. The third kappa shape index (κ3) is 3.07. The number of carbonyl (C=O) groups is 1. The first-order valence-electron chi connectivity index (χ1n) is 5.67. The van der Waals surface area contributed by atoms with Crippen molar-refractivity contribution in [1.29, 1.82) is 0 Å². The van der Waals surface area contributed by atoms with Crippen LogP contribution in [0.3, 0.4) is 0 Å². The Hall–Kier alpha value is -2.36. The van der Waals surface area contributed by atoms with Gasteiger partial charge in [-0.25, -0.2) is 0 Å². The van der Waals surface area contributed by atoms with Gasteiger partial charge in [0.15, 0.2) is 5.43 Å². The molecule has 0 spiro atoms. The van der Waals surface area contributed by atoms with E-state index in [4.69, 9.17) is 0 Å². The molecule has 0 saturated carbocycles. The molecule has 4 heteroatoms. The monoisotopic (exact) mass is 242 g/mol. The fraction of sp³-hybridized carbons (Fsp3) is 0.143. The second kappa shape index (κ2) is 5.31. The average molecular weight is 242 g/mol. The maximum Gasteiger partial charge on any atom is 0.268 e. The molecule has 0 fully saturated rings. The Balaban J connectivity index is 2.00. The summed E-state index contributed by atoms with van der Waals surface area (Å²) in [6, 6.07) is 10.6. The zero-order valence-corrected chi connectivity index (χ0v) is 10.1. The van der Waals surface area contributed by atoms with Gasteiger partial charge in [0.05, 0.1) is 0 Å². The molecule has 0 aliphatic carbocycles. The summed E-state index contributed by atoms with van der Waals surface area (Å²) in [5, 5.41) is 2.75. The minimum Gasteiger partial charge on any atom is -0.357 e. The number of amides is 1. The van der Waals surface area contributed by atoms with Crippen molar-refractivity contribution in [3.8, 4) is 0 Å². The van der Waals surface area contributed by atoms with Gasteiger partial charge in [-0.05, 0) is 12.5 Å². The van der Waals surface area contributed by atoms with Gasteiger partial charge in [0.2, 0.25) is 0 Å². The molecular weight excluding hydrogens is 228 g/mol. The SMILES string of the molecule is Cc1ccc(CNC(=O)c2cc(=O)cc[nH]2)cc1. The molecule has 92 valence electrons. The van der Waals surface area contributed by atoms with Crippen LogP contribution in [0, 0.1) is 6.92 Å². The van der Waals surface area contributed by atoms with E-state index in [1.807, 2.05) is 31.2 Å². The Kier molecular flexibility index (Phi) is 3.57. The highest BCUT2D eigenvalue weighted by Crippen LogP contribution is 2.02. The molecule has 0 saturated heterocycles. The van der Waals surface area contributed by atoms with E-state index in [-0.39, 0.29) is 17.0 Å². The summed E-state index contributed by atoms with van der Waals surface area (Å²) in [6.07, 6.45) is 1.46. The molecule has 0 aliphatic heterocycles. The maximum absolute atomic E-state index is 11.8. The molecule has 0 bridgehead atoms. The number of hydrogen-bond acceptors (Lipinski definition) is 2. The molecule has 0 unspecified atom stereocenters. The molecule has 4 nitrogen and oxygen atoms in total. The number of pyridine rings is 1. The van der Waals surface area contributed by atoms with Crippen LogP contribution in [0.15, 0.2) is 47.4 Å². The van der Waals surface area contributed by atoms with Crippen LogP contribution >= 0.6 is 0 Å². The molecule has 2 rings (SSSR count). The third-order valence-electron chi connectivity index (χ3n) is 2.59. The van der Waals surface area contributed by atoms with Gasteiger partial charge in [0.25, 0.3) is 5.91 Å². The standard InChI is InChI=1S/C14H14N2O2/c1-10-2-4-11(5-3-10)9-16-14(18)13-8-12(17)6-7-15-13/h2-8H,9H2,1H3,(H,15,17)(H,16,18). The van der Waals surface area contributed by atoms with Crippen LogP contribution < -0.4 is 10.7 Å². The third-order valence-corrected chi connectivity index (χ3v) is 2.59. The van der Waals surface area contributed by atoms with Gasteiger partial charge in [0.1, 0.15) is 5.69 Å². The van der Waals surface area contributed by atoms with Crippen LogP contribution in [0.2, 0.25) is 0 Å². The second-order valence-electron chi connectivity index (χ2n) is 4.11. The molecule has 1 aromatic heterocycles. The Morgan fingerprint density at radius 2 is 1.94 bits per heavy atom. The molecule has 1 amide bonds. The summed E-state index contributed by atoms with van der Waals surface area (Å²) in [5.74, 6) is -0.284. The normalized spacial score (nSPS) is 10.1. The topological polar surface area (TPSA) is 62.0 Å². The highest BCUT2D eigenvalue weighted by atomic mass is 16.2. The van der Waals surface area contributed by atoms with E-state index in [9.17, 15) is 9.59 Å². The van der Waals surface area contributed by atoms with Crippen molar-refractivity contribution in [2.45, 2.75) is 13.5 Å². The Labute approximate surface area is 105 Å². The van der Waals surface area contributed by atoms with Crippen LogP contribution in [-0.2, 0) is 6.54 Å². The van der Waals surface area contributed by atoms with E-state index in [0.717, 1.165) is 5.56 Å². The number of hydrogen-bond donors (Lipinski definition) is 2. The van der Waals surface area contributed by atoms with Crippen molar-refractivity contribution in [3.63, 3.8) is 0 Å². The van der Waals surface area contributed by atoms with Crippen molar-refractivity contribution in [1.82, 2.24) is 10.3 Å². The number of benzene rings is 1. The zero-order valence-electron chi connectivity index (χ0n) is 10.1. The summed E-state index contributed by atoms with van der Waals surface area (Å²) in [5.41, 5.74) is 2.29. The van der Waals surface area contributed by atoms with Gasteiger partial charge < -0.3 is 10.3 Å². The Bertz CT molecular complexity index is 600. The van der Waals surface area contributed by atoms with E-state index in [2.05, 4.69) is 10.3 Å². The Morgan fingerprint density at radius 3 is 2.61 bits per heavy atom. The first-order chi connectivity index (χ1) is 8.65. The van der Waals surface area contributed by atoms with E-state index in [0.29, 0.717) is 6.54 Å². The predicted molar refractivity (Wildman–Crippen MR) is 69.4 cm³/mol. The highest BCUT2D eigenvalue weighted by Gasteiger charge is 2.05. The first-order valence-corrected chi connectivity index (χ1v) is 5.67. The lowest BCUT2D eigenvalue weighted by atomic mass is 10.1. The minimum atomic E-state index is -0.284. The van der Waals surface area contributed by atoms with E-state index >= 15 is 0 Å². The number of H-pyrrole nitrogens is 1. The average Bonchev–Trinajstić information content (AvgIpc) is 2.38. The van der Waals surface area contributed by atoms with E-state index < -0.39 is 0 Å².